The van der Waals surface area contributed by atoms with Crippen molar-refractivity contribution in [2.45, 2.75) is 37.1 Å². The van der Waals surface area contributed by atoms with E-state index in [1.165, 1.54) is 0 Å². The van der Waals surface area contributed by atoms with Gasteiger partial charge >= 0.3 is 5.97 Å². The second kappa shape index (κ2) is 4.88. The van der Waals surface area contributed by atoms with E-state index in [1.807, 2.05) is 24.3 Å². The molecule has 2 aliphatic carbocycles. The number of carboxylic acids is 1. The summed E-state index contributed by atoms with van der Waals surface area (Å²) < 4.78 is 1.02. The molecule has 0 aliphatic heterocycles. The molecule has 0 spiro atoms. The zero-order chi connectivity index (χ0) is 14.3. The first kappa shape index (κ1) is 13.6. The molecule has 3 rings (SSSR count). The van der Waals surface area contributed by atoms with Crippen LogP contribution < -0.4 is 5.32 Å². The smallest absolute Gasteiger partial charge is 0.329 e. The maximum Gasteiger partial charge on any atom is 0.329 e. The average molecular weight is 338 g/mol. The van der Waals surface area contributed by atoms with E-state index in [1.54, 1.807) is 0 Å². The minimum atomic E-state index is -0.996. The third-order valence-electron chi connectivity index (χ3n) is 4.40. The normalized spacial score (nSPS) is 26.4. The number of carbonyl (C=O) groups is 2. The SMILES string of the molecule is O=C(NC1(C(=O)O)CCC1)C1CC1c1ccc(Br)cc1. The van der Waals surface area contributed by atoms with Crippen LogP contribution in [0.5, 0.6) is 0 Å². The second-order valence-corrected chi connectivity index (χ2v) is 6.65. The van der Waals surface area contributed by atoms with Gasteiger partial charge in [0.05, 0.1) is 0 Å². The van der Waals surface area contributed by atoms with Gasteiger partial charge in [0.1, 0.15) is 5.54 Å². The predicted molar refractivity (Wildman–Crippen MR) is 77.4 cm³/mol. The molecular weight excluding hydrogens is 322 g/mol. The number of rotatable bonds is 4. The summed E-state index contributed by atoms with van der Waals surface area (Å²) in [5, 5.41) is 12.0. The Morgan fingerprint density at radius 3 is 2.40 bits per heavy atom. The number of carbonyl (C=O) groups excluding carboxylic acids is 1. The van der Waals surface area contributed by atoms with Crippen molar-refractivity contribution in [1.29, 1.82) is 0 Å². The van der Waals surface area contributed by atoms with Crippen molar-refractivity contribution in [3.63, 3.8) is 0 Å². The molecule has 5 heteroatoms. The summed E-state index contributed by atoms with van der Waals surface area (Å²) in [5.41, 5.74) is 0.149. The number of benzene rings is 1. The molecule has 1 aromatic carbocycles. The van der Waals surface area contributed by atoms with E-state index in [2.05, 4.69) is 21.2 Å². The van der Waals surface area contributed by atoms with Gasteiger partial charge in [-0.05, 0) is 49.3 Å². The standard InChI is InChI=1S/C15H16BrNO3/c16-10-4-2-9(3-5-10)11-8-12(11)13(18)17-15(14(19)20)6-1-7-15/h2-5,11-12H,1,6-8H2,(H,17,18)(H,19,20). The molecule has 2 saturated carbocycles. The van der Waals surface area contributed by atoms with Crippen LogP contribution in [0.1, 0.15) is 37.2 Å². The van der Waals surface area contributed by atoms with Crippen LogP contribution in [-0.2, 0) is 9.59 Å². The van der Waals surface area contributed by atoms with Crippen LogP contribution in [-0.4, -0.2) is 22.5 Å². The van der Waals surface area contributed by atoms with Gasteiger partial charge in [0, 0.05) is 10.4 Å². The number of aliphatic carboxylic acids is 1. The van der Waals surface area contributed by atoms with Gasteiger partial charge in [-0.1, -0.05) is 28.1 Å². The van der Waals surface area contributed by atoms with Crippen molar-refractivity contribution >= 4 is 27.8 Å². The van der Waals surface area contributed by atoms with Crippen molar-refractivity contribution in [3.05, 3.63) is 34.3 Å². The van der Waals surface area contributed by atoms with Crippen LogP contribution in [0, 0.1) is 5.92 Å². The highest BCUT2D eigenvalue weighted by Crippen LogP contribution is 2.48. The highest BCUT2D eigenvalue weighted by Gasteiger charge is 2.50. The van der Waals surface area contributed by atoms with Crippen molar-refractivity contribution < 1.29 is 14.7 Å². The first-order valence-corrected chi connectivity index (χ1v) is 7.62. The summed E-state index contributed by atoms with van der Waals surface area (Å²) in [6.45, 7) is 0. The van der Waals surface area contributed by atoms with E-state index < -0.39 is 11.5 Å². The van der Waals surface area contributed by atoms with Gasteiger partial charge < -0.3 is 10.4 Å². The minimum absolute atomic E-state index is 0.0759. The molecule has 20 heavy (non-hydrogen) atoms. The lowest BCUT2D eigenvalue weighted by atomic mass is 9.76. The molecule has 4 nitrogen and oxygen atoms in total. The summed E-state index contributed by atoms with van der Waals surface area (Å²) in [4.78, 5) is 23.4. The van der Waals surface area contributed by atoms with Gasteiger partial charge in [0.25, 0.3) is 0 Å². The average Bonchev–Trinajstić information content (AvgIpc) is 3.14. The fourth-order valence-corrected chi connectivity index (χ4v) is 3.08. The molecule has 2 aliphatic rings. The fourth-order valence-electron chi connectivity index (χ4n) is 2.81. The molecule has 0 bridgehead atoms. The highest BCUT2D eigenvalue weighted by atomic mass is 79.9. The Morgan fingerprint density at radius 2 is 1.90 bits per heavy atom. The molecule has 0 saturated heterocycles. The topological polar surface area (TPSA) is 66.4 Å². The molecule has 2 N–H and O–H groups in total. The molecule has 2 atom stereocenters. The number of hydrogen-bond donors (Lipinski definition) is 2. The van der Waals surface area contributed by atoms with Gasteiger partial charge in [0.15, 0.2) is 0 Å². The lowest BCUT2D eigenvalue weighted by Gasteiger charge is -2.38. The van der Waals surface area contributed by atoms with Gasteiger partial charge in [-0.3, -0.25) is 4.79 Å². The molecule has 0 heterocycles. The van der Waals surface area contributed by atoms with Crippen LogP contribution in [0.2, 0.25) is 0 Å². The molecule has 1 amide bonds. The second-order valence-electron chi connectivity index (χ2n) is 5.73. The van der Waals surface area contributed by atoms with Crippen LogP contribution in [0.15, 0.2) is 28.7 Å². The molecule has 106 valence electrons. The molecule has 2 fully saturated rings. The van der Waals surface area contributed by atoms with Crippen molar-refractivity contribution in [3.8, 4) is 0 Å². The van der Waals surface area contributed by atoms with Gasteiger partial charge in [0.2, 0.25) is 5.91 Å². The van der Waals surface area contributed by atoms with Crippen LogP contribution in [0.4, 0.5) is 0 Å². The summed E-state index contributed by atoms with van der Waals surface area (Å²) in [7, 11) is 0. The molecule has 0 aromatic heterocycles. The quantitative estimate of drug-likeness (QED) is 0.887. The van der Waals surface area contributed by atoms with E-state index in [-0.39, 0.29) is 17.7 Å². The zero-order valence-corrected chi connectivity index (χ0v) is 12.5. The lowest BCUT2D eigenvalue weighted by Crippen LogP contribution is -2.59. The Bertz CT molecular complexity index is 551. The maximum absolute atomic E-state index is 12.2. The predicted octanol–water partition coefficient (Wildman–Crippen LogP) is 2.68. The van der Waals surface area contributed by atoms with Gasteiger partial charge in [-0.25, -0.2) is 4.79 Å². The Morgan fingerprint density at radius 1 is 1.25 bits per heavy atom. The maximum atomic E-state index is 12.2. The summed E-state index contributed by atoms with van der Waals surface area (Å²) >= 11 is 3.39. The Hall–Kier alpha value is -1.36. The van der Waals surface area contributed by atoms with Crippen LogP contribution in [0.3, 0.4) is 0 Å². The summed E-state index contributed by atoms with van der Waals surface area (Å²) in [6, 6.07) is 7.96. The zero-order valence-electron chi connectivity index (χ0n) is 10.9. The molecule has 2 unspecified atom stereocenters. The van der Waals surface area contributed by atoms with E-state index in [4.69, 9.17) is 0 Å². The Balaban J connectivity index is 1.63. The van der Waals surface area contributed by atoms with E-state index >= 15 is 0 Å². The Labute approximate surface area is 125 Å². The monoisotopic (exact) mass is 337 g/mol. The number of nitrogens with one attached hydrogen (secondary N) is 1. The van der Waals surface area contributed by atoms with E-state index in [0.717, 1.165) is 22.9 Å². The van der Waals surface area contributed by atoms with Gasteiger partial charge in [-0.2, -0.15) is 0 Å². The Kier molecular flexibility index (Phi) is 3.32. The first-order valence-electron chi connectivity index (χ1n) is 6.83. The third-order valence-corrected chi connectivity index (χ3v) is 4.93. The van der Waals surface area contributed by atoms with E-state index in [9.17, 15) is 14.7 Å². The summed E-state index contributed by atoms with van der Waals surface area (Å²) in [5.74, 6) is -0.861. The minimum Gasteiger partial charge on any atom is -0.480 e. The lowest BCUT2D eigenvalue weighted by molar-refractivity contribution is -0.152. The fraction of sp³-hybridized carbons (Fsp3) is 0.467. The van der Waals surface area contributed by atoms with E-state index in [0.29, 0.717) is 12.8 Å². The van der Waals surface area contributed by atoms with Crippen LogP contribution >= 0.6 is 15.9 Å². The highest BCUT2D eigenvalue weighted by molar-refractivity contribution is 9.10. The van der Waals surface area contributed by atoms with Crippen molar-refractivity contribution in [1.82, 2.24) is 5.32 Å². The van der Waals surface area contributed by atoms with Crippen molar-refractivity contribution in [2.75, 3.05) is 0 Å². The summed E-state index contributed by atoms with van der Waals surface area (Å²) in [6.07, 6.45) is 2.77. The number of hydrogen-bond acceptors (Lipinski definition) is 2. The third kappa shape index (κ3) is 2.35. The first-order chi connectivity index (χ1) is 9.52. The largest absolute Gasteiger partial charge is 0.480 e. The number of halogens is 1. The van der Waals surface area contributed by atoms with Crippen molar-refractivity contribution in [2.24, 2.45) is 5.92 Å². The number of carboxylic acid groups (broad SMARTS) is 1. The molecule has 1 aromatic rings. The van der Waals surface area contributed by atoms with Gasteiger partial charge in [-0.15, -0.1) is 0 Å². The molecular formula is C15H16BrNO3. The van der Waals surface area contributed by atoms with Crippen LogP contribution in [0.25, 0.3) is 0 Å². The number of amides is 1. The molecule has 0 radical (unpaired) electrons.